The van der Waals surface area contributed by atoms with Crippen molar-refractivity contribution in [2.75, 3.05) is 45.5 Å². The highest BCUT2D eigenvalue weighted by Crippen LogP contribution is 2.66. The van der Waals surface area contributed by atoms with Gasteiger partial charge in [-0.1, -0.05) is 114 Å². The van der Waals surface area contributed by atoms with Crippen molar-refractivity contribution in [3.05, 3.63) is 128 Å². The number of ether oxygens (including phenoxy) is 5. The number of carbonyl (C=O) groups is 1. The molecule has 4 aromatic rings. The summed E-state index contributed by atoms with van der Waals surface area (Å²) in [5, 5.41) is 49.6. The molecule has 3 saturated carbocycles. The highest BCUT2D eigenvalue weighted by atomic mass is 33.1. The maximum Gasteiger partial charge on any atom is 0.302 e. The highest BCUT2D eigenvalue weighted by Gasteiger charge is 2.57. The lowest BCUT2D eigenvalue weighted by Crippen LogP contribution is -2.49. The van der Waals surface area contributed by atoms with Crippen LogP contribution in [0.2, 0.25) is 0 Å². The van der Waals surface area contributed by atoms with Crippen LogP contribution in [0.25, 0.3) is 17.2 Å². The smallest absolute Gasteiger partial charge is 0.302 e. The molecule has 16 rings (SSSR count). The van der Waals surface area contributed by atoms with Crippen LogP contribution >= 0.6 is 21.6 Å². The summed E-state index contributed by atoms with van der Waals surface area (Å²) in [6, 6.07) is 15.6. The van der Waals surface area contributed by atoms with Crippen molar-refractivity contribution in [1.29, 1.82) is 0 Å². The number of aliphatic hydroxyl groups excluding tert-OH is 1. The molecule has 12 aliphatic rings. The molecule has 0 aromatic heterocycles. The number of phenols is 2. The lowest BCUT2D eigenvalue weighted by molar-refractivity contribution is -0.141. The number of nitrogens with two attached hydrogens (primary N) is 1. The van der Waals surface area contributed by atoms with Gasteiger partial charge in [-0.2, -0.15) is 0 Å². The third-order valence-electron chi connectivity index (χ3n) is 24.1. The second-order valence-corrected chi connectivity index (χ2v) is 31.6. The minimum absolute atomic E-state index is 0.00777. The van der Waals surface area contributed by atoms with E-state index in [-0.39, 0.29) is 84.4 Å². The SMILES string of the molecule is COCC1C2C#CC3C#CC4=C(C=CC(N)N4)C4C5CCC6(Cc7cc(O)cc(OC)c7-c7ccc8c(c76)OC(c6c7c(c(O)c(c63)CNC(CCCc3ccc(cc3C2)C42CCCCC2)C1CO)OC1CSSCC2CCCC(C2)NC1C=C7)C8COC(C)=O)C5. The van der Waals surface area contributed by atoms with Crippen LogP contribution in [0.5, 0.6) is 28.7 Å². The van der Waals surface area contributed by atoms with Gasteiger partial charge in [0.25, 0.3) is 0 Å². The van der Waals surface area contributed by atoms with Crippen molar-refractivity contribution in [1.82, 2.24) is 16.0 Å². The van der Waals surface area contributed by atoms with E-state index in [1.807, 2.05) is 27.7 Å². The Bertz CT molecular complexity index is 3850. The fourth-order valence-electron chi connectivity index (χ4n) is 20.1. The van der Waals surface area contributed by atoms with Crippen LogP contribution in [0.4, 0.5) is 0 Å². The molecule has 1 saturated heterocycles. The summed E-state index contributed by atoms with van der Waals surface area (Å²) >= 11 is 0. The lowest BCUT2D eigenvalue weighted by Gasteiger charge is -2.49. The first-order valence-electron chi connectivity index (χ1n) is 34.5. The van der Waals surface area contributed by atoms with Gasteiger partial charge in [-0.3, -0.25) is 4.79 Å². The van der Waals surface area contributed by atoms with Gasteiger partial charge in [-0.25, -0.2) is 0 Å². The monoisotopic (exact) mass is 1280 g/mol. The molecular formula is C77H88N4O9S2. The Balaban J connectivity index is 1.05. The second-order valence-electron chi connectivity index (χ2n) is 29.1. The molecule has 12 bridgehead atoms. The molecule has 6 aliphatic heterocycles. The number of carbonyl (C=O) groups excluding carboxylic acids is 1. The number of fused-ring (bicyclic) bond motifs is 16. The van der Waals surface area contributed by atoms with Crippen LogP contribution in [-0.4, -0.2) is 97.2 Å². The van der Waals surface area contributed by atoms with Gasteiger partial charge >= 0.3 is 5.97 Å². The van der Waals surface area contributed by atoms with E-state index in [1.54, 1.807) is 20.3 Å². The average molecular weight is 1280 g/mol. The topological polar surface area (TPSA) is 186 Å². The summed E-state index contributed by atoms with van der Waals surface area (Å²) in [6.07, 6.45) is 23.7. The zero-order valence-corrected chi connectivity index (χ0v) is 55.0. The van der Waals surface area contributed by atoms with E-state index in [1.165, 1.54) is 48.4 Å². The summed E-state index contributed by atoms with van der Waals surface area (Å²) in [5.41, 5.74) is 20.3. The second kappa shape index (κ2) is 24.6. The number of methoxy groups -OCH3 is 2. The quantitative estimate of drug-likeness (QED) is 0.0549. The Morgan fingerprint density at radius 2 is 1.74 bits per heavy atom. The predicted octanol–water partition coefficient (Wildman–Crippen LogP) is 12.0. The van der Waals surface area contributed by atoms with Crippen molar-refractivity contribution in [3.63, 3.8) is 0 Å². The van der Waals surface area contributed by atoms with Crippen LogP contribution < -0.4 is 35.9 Å². The first kappa shape index (κ1) is 60.9. The third kappa shape index (κ3) is 10.4. The van der Waals surface area contributed by atoms with Crippen molar-refractivity contribution < 1.29 is 43.8 Å². The zero-order valence-electron chi connectivity index (χ0n) is 53.4. The number of aryl methyl sites for hydroxylation is 1. The maximum atomic E-state index is 13.9. The number of aliphatic hydroxyl groups is 1. The van der Waals surface area contributed by atoms with Crippen molar-refractivity contribution in [2.45, 2.75) is 182 Å². The van der Waals surface area contributed by atoms with Crippen LogP contribution in [0, 0.1) is 59.2 Å². The number of phenolic OH excluding ortho intramolecular Hbond substituents is 2. The minimum atomic E-state index is -0.847. The zero-order chi connectivity index (χ0) is 62.6. The predicted molar refractivity (Wildman–Crippen MR) is 362 cm³/mol. The van der Waals surface area contributed by atoms with E-state index in [4.69, 9.17) is 29.4 Å². The normalized spacial score (nSPS) is 33.2. The van der Waals surface area contributed by atoms with Gasteiger partial charge in [-0.05, 0) is 158 Å². The lowest BCUT2D eigenvalue weighted by atomic mass is 9.55. The Kier molecular flexibility index (Phi) is 16.3. The molecule has 15 unspecified atom stereocenters. The fourth-order valence-corrected chi connectivity index (χ4v) is 22.7. The summed E-state index contributed by atoms with van der Waals surface area (Å²) in [7, 11) is 7.25. The summed E-state index contributed by atoms with van der Waals surface area (Å²) in [5.74, 6) is 18.0. The molecule has 4 fully saturated rings. The van der Waals surface area contributed by atoms with Crippen molar-refractivity contribution >= 4 is 33.6 Å². The highest BCUT2D eigenvalue weighted by molar-refractivity contribution is 8.76. The molecule has 15 atom stereocenters. The largest absolute Gasteiger partial charge is 0.508 e. The average Bonchev–Trinajstić information content (AvgIpc) is 1.47. The standard InChI is InChI=1S/C77H88N4O9S2/c1-42(83)88-39-60-53-18-19-55-67-49(32-52(84)33-64(67)87-3)35-76-28-25-47(34-76)70-54-21-24-66(78)81-62(54)22-16-45-13-14-46-30-48-31-50(77(70)26-5-4-6-27-77)17-15-44(48)10-8-12-61(58(37-82)59(46)38-86-2)79-36-57-68(45)69(73(60)90-74(53)71(55)76)56-20-23-63-65(89-75(56)72(57)85)41-92-91-40-43-9-7-11-51(29-43)80-63/h15,17-21,23-24,31-33,43,45-47,51,58-61,63,65-66,70,73,79-82,84-85H,4-12,25-30,34-41,78H2,1-3H3. The molecule has 2 spiro atoms. The van der Waals surface area contributed by atoms with E-state index in [9.17, 15) is 20.1 Å². The first-order valence-corrected chi connectivity index (χ1v) is 37.0. The molecule has 482 valence electrons. The van der Waals surface area contributed by atoms with Gasteiger partial charge < -0.3 is 60.7 Å². The number of hydrogen-bond donors (Lipinski definition) is 7. The number of dihydropyridines is 1. The fraction of sp³-hybridized carbons (Fsp3) is 0.545. The number of nitrogens with one attached hydrogen (secondary N) is 3. The number of aromatic hydroxyl groups is 2. The Hall–Kier alpha value is -6.01. The number of allylic oxidation sites excluding steroid dienone is 3. The third-order valence-corrected chi connectivity index (χ3v) is 26.6. The van der Waals surface area contributed by atoms with Gasteiger partial charge in [0.1, 0.15) is 42.0 Å². The van der Waals surface area contributed by atoms with E-state index in [2.05, 4.69) is 94.3 Å². The molecule has 6 heterocycles. The molecular weight excluding hydrogens is 1190 g/mol. The van der Waals surface area contributed by atoms with E-state index in [0.717, 1.165) is 133 Å². The molecule has 92 heavy (non-hydrogen) atoms. The molecule has 0 radical (unpaired) electrons. The summed E-state index contributed by atoms with van der Waals surface area (Å²) in [6.45, 7) is 2.01. The van der Waals surface area contributed by atoms with E-state index >= 15 is 0 Å². The van der Waals surface area contributed by atoms with Crippen molar-refractivity contribution in [2.24, 2.45) is 41.2 Å². The molecule has 13 nitrogen and oxygen atoms in total. The molecule has 6 aliphatic carbocycles. The first-order chi connectivity index (χ1) is 44.9. The molecule has 8 N–H and O–H groups in total. The van der Waals surface area contributed by atoms with E-state index in [0.29, 0.717) is 59.8 Å². The van der Waals surface area contributed by atoms with Crippen LogP contribution in [0.3, 0.4) is 0 Å². The van der Waals surface area contributed by atoms with Crippen LogP contribution in [-0.2, 0) is 50.9 Å². The number of benzene rings is 4. The van der Waals surface area contributed by atoms with E-state index < -0.39 is 35.5 Å². The van der Waals surface area contributed by atoms with Gasteiger partial charge in [0.15, 0.2) is 11.5 Å². The Labute approximate surface area is 550 Å². The molecule has 4 aromatic carbocycles. The molecule has 15 heteroatoms. The molecule has 0 amide bonds. The number of hydrogen-bond acceptors (Lipinski definition) is 15. The minimum Gasteiger partial charge on any atom is -0.508 e. The van der Waals surface area contributed by atoms with Gasteiger partial charge in [0.05, 0.1) is 37.5 Å². The summed E-state index contributed by atoms with van der Waals surface area (Å²) < 4.78 is 34.7. The van der Waals surface area contributed by atoms with Crippen molar-refractivity contribution in [3.8, 4) is 63.6 Å². The van der Waals surface area contributed by atoms with Gasteiger partial charge in [0.2, 0.25) is 0 Å². The Morgan fingerprint density at radius 3 is 2.59 bits per heavy atom. The van der Waals surface area contributed by atoms with Gasteiger partial charge in [-0.15, -0.1) is 0 Å². The van der Waals surface area contributed by atoms with Gasteiger partial charge in [0, 0.05) is 119 Å². The number of rotatable bonds is 6. The van der Waals surface area contributed by atoms with Crippen LogP contribution in [0.1, 0.15) is 170 Å². The maximum absolute atomic E-state index is 13.9. The Morgan fingerprint density at radius 1 is 0.859 bits per heavy atom. The summed E-state index contributed by atoms with van der Waals surface area (Å²) in [4.78, 5) is 13.5. The van der Waals surface area contributed by atoms with Crippen LogP contribution in [0.15, 0.2) is 72.0 Å². The number of esters is 1.